The average molecular weight is 468 g/mol. The smallest absolute Gasteiger partial charge is 0.261 e. The zero-order chi connectivity index (χ0) is 23.6. The summed E-state index contributed by atoms with van der Waals surface area (Å²) in [5.41, 5.74) is 3.04. The van der Waals surface area contributed by atoms with Gasteiger partial charge in [0, 0.05) is 19.6 Å². The van der Waals surface area contributed by atoms with E-state index >= 15 is 0 Å². The molecule has 3 aliphatic carbocycles. The Balaban J connectivity index is 1.36. The van der Waals surface area contributed by atoms with E-state index in [0.717, 1.165) is 32.5 Å². The molecule has 1 heterocycles. The molecule has 7 atom stereocenters. The fourth-order valence-electron chi connectivity index (χ4n) is 7.59. The molecule has 0 aromatic heterocycles. The molecule has 0 amide bonds. The van der Waals surface area contributed by atoms with Crippen LogP contribution in [0.1, 0.15) is 71.6 Å². The first-order valence-electron chi connectivity index (χ1n) is 13.1. The third-order valence-electron chi connectivity index (χ3n) is 9.03. The third kappa shape index (κ3) is 6.06. The number of aliphatic hydroxyl groups excluding tert-OH is 2. The molecule has 0 aromatic carbocycles. The van der Waals surface area contributed by atoms with Gasteiger partial charge in [0.25, 0.3) is 6.43 Å². The lowest BCUT2D eigenvalue weighted by Gasteiger charge is -2.45. The Morgan fingerprint density at radius 3 is 2.64 bits per heavy atom. The van der Waals surface area contributed by atoms with Crippen molar-refractivity contribution in [2.75, 3.05) is 26.2 Å². The van der Waals surface area contributed by atoms with Gasteiger partial charge in [0.1, 0.15) is 6.61 Å². The number of hydrogen-bond donors (Lipinski definition) is 2. The average Bonchev–Trinajstić information content (AvgIpc) is 3.33. The number of ether oxygens (including phenoxy) is 1. The number of hydrogen-bond acceptors (Lipinski definition) is 4. The molecule has 3 saturated carbocycles. The zero-order valence-electron chi connectivity index (χ0n) is 20.4. The number of allylic oxidation sites excluding steroid dienone is 3. The maximum absolute atomic E-state index is 12.5. The van der Waals surface area contributed by atoms with Gasteiger partial charge in [-0.15, -0.1) is 0 Å². The number of aliphatic hydroxyl groups is 2. The molecule has 1 aliphatic heterocycles. The van der Waals surface area contributed by atoms with Crippen molar-refractivity contribution in [1.29, 1.82) is 0 Å². The van der Waals surface area contributed by atoms with Gasteiger partial charge in [-0.25, -0.2) is 8.78 Å². The first-order valence-corrected chi connectivity index (χ1v) is 13.1. The van der Waals surface area contributed by atoms with Crippen molar-refractivity contribution in [1.82, 2.24) is 4.90 Å². The molecule has 4 rings (SSSR count). The summed E-state index contributed by atoms with van der Waals surface area (Å²) >= 11 is 0. The van der Waals surface area contributed by atoms with Crippen LogP contribution in [0.2, 0.25) is 0 Å². The second-order valence-corrected chi connectivity index (χ2v) is 11.5. The number of halogens is 2. The minimum atomic E-state index is -2.38. The minimum Gasteiger partial charge on any atom is -0.393 e. The van der Waals surface area contributed by atoms with E-state index < -0.39 is 25.2 Å². The SMILES string of the molecule is CC(CN1CCC(OCC(F)F)C1)[C@H]1CC[C@H]2C(=CC=C3C[C@@H](O)C[C@H](O)C3)CCC[C@]12C. The lowest BCUT2D eigenvalue weighted by molar-refractivity contribution is -0.0207. The van der Waals surface area contributed by atoms with Crippen molar-refractivity contribution in [2.24, 2.45) is 23.2 Å². The van der Waals surface area contributed by atoms with Crippen molar-refractivity contribution < 1.29 is 23.7 Å². The predicted molar refractivity (Wildman–Crippen MR) is 126 cm³/mol. The first-order chi connectivity index (χ1) is 15.7. The van der Waals surface area contributed by atoms with Crippen molar-refractivity contribution in [2.45, 2.75) is 96.4 Å². The van der Waals surface area contributed by atoms with Crippen LogP contribution >= 0.6 is 0 Å². The molecule has 2 N–H and O–H groups in total. The highest BCUT2D eigenvalue weighted by atomic mass is 19.3. The molecule has 1 saturated heterocycles. The number of fused-ring (bicyclic) bond motifs is 1. The number of nitrogens with zero attached hydrogens (tertiary/aromatic N) is 1. The molecule has 4 nitrogen and oxygen atoms in total. The summed E-state index contributed by atoms with van der Waals surface area (Å²) < 4.78 is 30.3. The van der Waals surface area contributed by atoms with Crippen LogP contribution in [0.15, 0.2) is 23.3 Å². The summed E-state index contributed by atoms with van der Waals surface area (Å²) in [5, 5.41) is 20.0. The molecule has 6 heteroatoms. The van der Waals surface area contributed by atoms with Crippen molar-refractivity contribution in [3.8, 4) is 0 Å². The first kappa shape index (κ1) is 25.3. The minimum absolute atomic E-state index is 0.0489. The molecule has 0 spiro atoms. The van der Waals surface area contributed by atoms with Crippen LogP contribution in [0.4, 0.5) is 8.78 Å². The van der Waals surface area contributed by atoms with Crippen LogP contribution in [-0.4, -0.2) is 66.1 Å². The standard InChI is InChI=1S/C27H43F2NO3/c1-18(15-30-11-9-23(16-30)33-17-26(28)29)24-7-8-25-20(4-3-10-27(24,25)2)6-5-19-12-21(31)14-22(32)13-19/h5-6,18,21-26,31-32H,3-4,7-17H2,1-2H3/t18?,21-,22-,23?,24-,25+,27-/m1/s1. The largest absolute Gasteiger partial charge is 0.393 e. The van der Waals surface area contributed by atoms with Crippen LogP contribution < -0.4 is 0 Å². The molecule has 188 valence electrons. The van der Waals surface area contributed by atoms with E-state index in [1.807, 2.05) is 0 Å². The van der Waals surface area contributed by atoms with E-state index in [1.54, 1.807) is 5.57 Å². The zero-order valence-corrected chi connectivity index (χ0v) is 20.4. The maximum Gasteiger partial charge on any atom is 0.261 e. The Morgan fingerprint density at radius 2 is 1.91 bits per heavy atom. The van der Waals surface area contributed by atoms with E-state index in [4.69, 9.17) is 4.74 Å². The Morgan fingerprint density at radius 1 is 1.15 bits per heavy atom. The van der Waals surface area contributed by atoms with Gasteiger partial charge in [0.05, 0.1) is 18.3 Å². The molecular weight excluding hydrogens is 424 g/mol. The summed E-state index contributed by atoms with van der Waals surface area (Å²) in [7, 11) is 0. The van der Waals surface area contributed by atoms with Gasteiger partial charge in [-0.2, -0.15) is 0 Å². The van der Waals surface area contributed by atoms with Crippen molar-refractivity contribution >= 4 is 0 Å². The van der Waals surface area contributed by atoms with Gasteiger partial charge in [-0.05, 0) is 81.0 Å². The van der Waals surface area contributed by atoms with Gasteiger partial charge >= 0.3 is 0 Å². The molecule has 33 heavy (non-hydrogen) atoms. The summed E-state index contributed by atoms with van der Waals surface area (Å²) in [6.45, 7) is 7.19. The molecule has 0 radical (unpaired) electrons. The molecule has 4 aliphatic rings. The fraction of sp³-hybridized carbons (Fsp3) is 0.852. The Kier molecular flexibility index (Phi) is 8.31. The van der Waals surface area contributed by atoms with Gasteiger partial charge < -0.3 is 19.8 Å². The summed E-state index contributed by atoms with van der Waals surface area (Å²) in [4.78, 5) is 2.42. The topological polar surface area (TPSA) is 52.9 Å². The van der Waals surface area contributed by atoms with Crippen LogP contribution in [0, 0.1) is 23.2 Å². The van der Waals surface area contributed by atoms with Crippen LogP contribution in [0.25, 0.3) is 0 Å². The second-order valence-electron chi connectivity index (χ2n) is 11.5. The highest BCUT2D eigenvalue weighted by Gasteiger charge is 2.50. The van der Waals surface area contributed by atoms with Gasteiger partial charge in [0.15, 0.2) is 0 Å². The summed E-state index contributed by atoms with van der Waals surface area (Å²) in [6.07, 6.45) is 10.1. The summed E-state index contributed by atoms with van der Waals surface area (Å²) in [5.74, 6) is 1.88. The van der Waals surface area contributed by atoms with Gasteiger partial charge in [-0.1, -0.05) is 37.1 Å². The number of likely N-dealkylation sites (tertiary alicyclic amines) is 1. The van der Waals surface area contributed by atoms with Crippen LogP contribution in [0.5, 0.6) is 0 Å². The van der Waals surface area contributed by atoms with E-state index in [2.05, 4.69) is 30.9 Å². The molecule has 0 bridgehead atoms. The Labute approximate surface area is 198 Å². The maximum atomic E-state index is 12.5. The molecule has 2 unspecified atom stereocenters. The van der Waals surface area contributed by atoms with Crippen LogP contribution in [-0.2, 0) is 4.74 Å². The fourth-order valence-corrected chi connectivity index (χ4v) is 7.59. The second kappa shape index (κ2) is 10.8. The summed E-state index contributed by atoms with van der Waals surface area (Å²) in [6, 6.07) is 0. The molecule has 4 fully saturated rings. The highest BCUT2D eigenvalue weighted by molar-refractivity contribution is 5.26. The van der Waals surface area contributed by atoms with Gasteiger partial charge in [-0.3, -0.25) is 0 Å². The third-order valence-corrected chi connectivity index (χ3v) is 9.03. The number of rotatable bonds is 7. The van der Waals surface area contributed by atoms with E-state index in [9.17, 15) is 19.0 Å². The van der Waals surface area contributed by atoms with E-state index in [1.165, 1.54) is 31.3 Å². The highest BCUT2D eigenvalue weighted by Crippen LogP contribution is 2.59. The number of alkyl halides is 2. The monoisotopic (exact) mass is 467 g/mol. The molecule has 0 aromatic rings. The van der Waals surface area contributed by atoms with E-state index in [-0.39, 0.29) is 6.10 Å². The Hall–Kier alpha value is -0.820. The Bertz CT molecular complexity index is 714. The normalized spacial score (nSPS) is 39.9. The molecular formula is C27H43F2NO3. The quantitative estimate of drug-likeness (QED) is 0.556. The van der Waals surface area contributed by atoms with Crippen molar-refractivity contribution in [3.05, 3.63) is 23.3 Å². The predicted octanol–water partition coefficient (Wildman–Crippen LogP) is 4.95. The lowest BCUT2D eigenvalue weighted by Crippen LogP contribution is -2.39. The lowest BCUT2D eigenvalue weighted by atomic mass is 9.61. The van der Waals surface area contributed by atoms with Crippen molar-refractivity contribution in [3.63, 3.8) is 0 Å². The van der Waals surface area contributed by atoms with Crippen LogP contribution in [0.3, 0.4) is 0 Å². The van der Waals surface area contributed by atoms with Gasteiger partial charge in [0.2, 0.25) is 0 Å². The van der Waals surface area contributed by atoms with E-state index in [0.29, 0.717) is 42.4 Å².